The van der Waals surface area contributed by atoms with Crippen molar-refractivity contribution in [1.29, 1.82) is 0 Å². The minimum absolute atomic E-state index is 0.0135. The second-order valence-corrected chi connectivity index (χ2v) is 10.4. The van der Waals surface area contributed by atoms with Crippen molar-refractivity contribution in [3.8, 4) is 5.75 Å². The van der Waals surface area contributed by atoms with Crippen molar-refractivity contribution >= 4 is 29.0 Å². The molecule has 1 fully saturated rings. The zero-order valence-electron chi connectivity index (χ0n) is 19.7. The number of carbonyl (C=O) groups is 1. The summed E-state index contributed by atoms with van der Waals surface area (Å²) in [6.07, 6.45) is 1.48. The molecule has 0 saturated carbocycles. The van der Waals surface area contributed by atoms with Crippen LogP contribution in [0.2, 0.25) is 0 Å². The van der Waals surface area contributed by atoms with Crippen LogP contribution in [0.5, 0.6) is 5.75 Å². The van der Waals surface area contributed by atoms with Crippen LogP contribution >= 0.6 is 11.8 Å². The number of β-amino-alcohol motifs (C(OH)–C–C–N with tert-alkyl or cyclic N) is 1. The lowest BCUT2D eigenvalue weighted by Gasteiger charge is -2.40. The zero-order chi connectivity index (χ0) is 23.7. The predicted molar refractivity (Wildman–Crippen MR) is 136 cm³/mol. The topological polar surface area (TPSA) is 53.0 Å². The number of piperidine rings is 1. The van der Waals surface area contributed by atoms with Gasteiger partial charge < -0.3 is 9.84 Å². The third-order valence-electron chi connectivity index (χ3n) is 6.66. The Labute approximate surface area is 205 Å². The number of likely N-dealkylation sites (tertiary alicyclic amines) is 1. The molecular formula is C28H30N2O3S. The van der Waals surface area contributed by atoms with Crippen molar-refractivity contribution in [3.63, 3.8) is 0 Å². The highest BCUT2D eigenvalue weighted by Gasteiger charge is 2.36. The normalized spacial score (nSPS) is 19.9. The van der Waals surface area contributed by atoms with E-state index in [4.69, 9.17) is 4.74 Å². The van der Waals surface area contributed by atoms with Crippen LogP contribution in [0.1, 0.15) is 24.0 Å². The van der Waals surface area contributed by atoms with E-state index in [9.17, 15) is 9.90 Å². The zero-order valence-corrected chi connectivity index (χ0v) is 20.5. The molecule has 1 N–H and O–H groups in total. The molecule has 0 radical (unpaired) electrons. The number of fused-ring (bicyclic) bond motifs is 2. The first-order chi connectivity index (χ1) is 16.4. The highest BCUT2D eigenvalue weighted by molar-refractivity contribution is 7.99. The molecule has 0 aliphatic carbocycles. The fourth-order valence-electron chi connectivity index (χ4n) is 4.72. The minimum Gasteiger partial charge on any atom is -0.491 e. The van der Waals surface area contributed by atoms with Crippen LogP contribution in [0, 0.1) is 13.8 Å². The Kier molecular flexibility index (Phi) is 6.38. The van der Waals surface area contributed by atoms with Gasteiger partial charge in [0, 0.05) is 16.3 Å². The van der Waals surface area contributed by atoms with Crippen molar-refractivity contribution in [2.24, 2.45) is 0 Å². The Hall–Kier alpha value is -2.80. The first-order valence-electron chi connectivity index (χ1n) is 11.8. The summed E-state index contributed by atoms with van der Waals surface area (Å²) in [7, 11) is 0. The molecule has 176 valence electrons. The second kappa shape index (κ2) is 9.45. The predicted octanol–water partition coefficient (Wildman–Crippen LogP) is 5.34. The molecule has 1 atom stereocenters. The molecule has 6 heteroatoms. The average Bonchev–Trinajstić information content (AvgIpc) is 2.83. The maximum atomic E-state index is 13.6. The van der Waals surface area contributed by atoms with Gasteiger partial charge in [0.15, 0.2) is 0 Å². The number of nitrogens with zero attached hydrogens (tertiary/aromatic N) is 2. The highest BCUT2D eigenvalue weighted by atomic mass is 32.2. The molecule has 2 heterocycles. The summed E-state index contributed by atoms with van der Waals surface area (Å²) >= 11 is 1.69. The van der Waals surface area contributed by atoms with Crippen LogP contribution in [0.15, 0.2) is 76.5 Å². The van der Waals surface area contributed by atoms with E-state index in [-0.39, 0.29) is 19.1 Å². The van der Waals surface area contributed by atoms with Gasteiger partial charge in [-0.1, -0.05) is 42.1 Å². The van der Waals surface area contributed by atoms with Gasteiger partial charge in [-0.05, 0) is 80.8 Å². The van der Waals surface area contributed by atoms with E-state index >= 15 is 0 Å². The number of aryl methyl sites for hydroxylation is 2. The number of carbonyl (C=O) groups excluding carboxylic acids is 1. The van der Waals surface area contributed by atoms with Gasteiger partial charge in [-0.2, -0.15) is 0 Å². The third-order valence-corrected chi connectivity index (χ3v) is 7.79. The average molecular weight is 475 g/mol. The molecule has 5 nitrogen and oxygen atoms in total. The Morgan fingerprint density at radius 1 is 1.00 bits per heavy atom. The largest absolute Gasteiger partial charge is 0.491 e. The Balaban J connectivity index is 1.29. The van der Waals surface area contributed by atoms with Crippen molar-refractivity contribution in [2.45, 2.75) is 42.1 Å². The first kappa shape index (κ1) is 23.0. The molecule has 3 aromatic rings. The number of benzene rings is 3. The van der Waals surface area contributed by atoms with Crippen LogP contribution in [0.25, 0.3) is 0 Å². The summed E-state index contributed by atoms with van der Waals surface area (Å²) in [5, 5.41) is 11.3. The van der Waals surface area contributed by atoms with Crippen molar-refractivity contribution < 1.29 is 14.6 Å². The van der Waals surface area contributed by atoms with Gasteiger partial charge in [-0.15, -0.1) is 0 Å². The van der Waals surface area contributed by atoms with E-state index < -0.39 is 5.60 Å². The standard InChI is InChI=1S/C28H30N2O3S/c1-20-12-13-22(16-21(20)2)33-19-28(32)14-7-15-29(18-28)17-27(31)30-23-8-3-5-10-25(23)34-26-11-6-4-9-24(26)30/h3-6,8-13,16,32H,7,14-15,17-19H2,1-2H3/t28-/m1/s1. The fraction of sp³-hybridized carbons (Fsp3) is 0.321. The van der Waals surface area contributed by atoms with E-state index in [1.807, 2.05) is 59.5 Å². The molecular weight excluding hydrogens is 444 g/mol. The molecule has 34 heavy (non-hydrogen) atoms. The number of hydrogen-bond donors (Lipinski definition) is 1. The second-order valence-electron chi connectivity index (χ2n) is 9.34. The maximum absolute atomic E-state index is 13.6. The molecule has 3 aromatic carbocycles. The van der Waals surface area contributed by atoms with Crippen molar-refractivity contribution in [3.05, 3.63) is 77.9 Å². The molecule has 0 unspecified atom stereocenters. The van der Waals surface area contributed by atoms with Gasteiger partial charge in [0.1, 0.15) is 18.0 Å². The Bertz CT molecular complexity index is 1170. The Morgan fingerprint density at radius 2 is 1.68 bits per heavy atom. The number of para-hydroxylation sites is 2. The fourth-order valence-corrected chi connectivity index (χ4v) is 5.77. The van der Waals surface area contributed by atoms with Crippen molar-refractivity contribution in [2.75, 3.05) is 31.1 Å². The number of aliphatic hydroxyl groups is 1. The van der Waals surface area contributed by atoms with Crippen LogP contribution in [0.3, 0.4) is 0 Å². The monoisotopic (exact) mass is 474 g/mol. The third kappa shape index (κ3) is 4.71. The van der Waals surface area contributed by atoms with Crippen LogP contribution in [-0.4, -0.2) is 47.8 Å². The van der Waals surface area contributed by atoms with Crippen LogP contribution in [-0.2, 0) is 4.79 Å². The Morgan fingerprint density at radius 3 is 2.35 bits per heavy atom. The van der Waals surface area contributed by atoms with Gasteiger partial charge in [0.05, 0.1) is 17.9 Å². The molecule has 1 saturated heterocycles. The van der Waals surface area contributed by atoms with Gasteiger partial charge in [-0.25, -0.2) is 0 Å². The SMILES string of the molecule is Cc1ccc(OC[C@@]2(O)CCCN(CC(=O)N3c4ccccc4Sc4ccccc43)C2)cc1C. The van der Waals surface area contributed by atoms with Crippen molar-refractivity contribution in [1.82, 2.24) is 4.90 Å². The lowest BCUT2D eigenvalue weighted by atomic mass is 9.93. The first-order valence-corrected chi connectivity index (χ1v) is 12.6. The minimum atomic E-state index is -0.981. The molecule has 5 rings (SSSR count). The summed E-state index contributed by atoms with van der Waals surface area (Å²) in [5.41, 5.74) is 3.24. The molecule has 1 amide bonds. The van der Waals surface area contributed by atoms with Crippen LogP contribution in [0.4, 0.5) is 11.4 Å². The molecule has 2 aliphatic heterocycles. The number of ether oxygens (including phenoxy) is 1. The summed E-state index contributed by atoms with van der Waals surface area (Å²) in [6.45, 7) is 5.78. The quantitative estimate of drug-likeness (QED) is 0.541. The van der Waals surface area contributed by atoms with Crippen LogP contribution < -0.4 is 9.64 Å². The lowest BCUT2D eigenvalue weighted by molar-refractivity contribution is -0.121. The van der Waals surface area contributed by atoms with Gasteiger partial charge >= 0.3 is 0 Å². The number of amides is 1. The maximum Gasteiger partial charge on any atom is 0.245 e. The van der Waals surface area contributed by atoms with E-state index in [0.717, 1.165) is 39.9 Å². The smallest absolute Gasteiger partial charge is 0.245 e. The van der Waals surface area contributed by atoms with E-state index in [1.54, 1.807) is 11.8 Å². The van der Waals surface area contributed by atoms with Gasteiger partial charge in [-0.3, -0.25) is 14.6 Å². The lowest BCUT2D eigenvalue weighted by Crippen LogP contribution is -2.53. The van der Waals surface area contributed by atoms with Gasteiger partial charge in [0.25, 0.3) is 0 Å². The molecule has 0 bridgehead atoms. The van der Waals surface area contributed by atoms with E-state index in [2.05, 4.69) is 30.9 Å². The summed E-state index contributed by atoms with van der Waals surface area (Å²) in [5.74, 6) is 0.781. The van der Waals surface area contributed by atoms with E-state index in [0.29, 0.717) is 13.0 Å². The van der Waals surface area contributed by atoms with E-state index in [1.165, 1.54) is 11.1 Å². The number of hydrogen-bond acceptors (Lipinski definition) is 5. The number of anilines is 2. The molecule has 0 spiro atoms. The molecule has 0 aromatic heterocycles. The highest BCUT2D eigenvalue weighted by Crippen LogP contribution is 2.47. The summed E-state index contributed by atoms with van der Waals surface area (Å²) in [6, 6.07) is 22.0. The van der Waals surface area contributed by atoms with Gasteiger partial charge in [0.2, 0.25) is 5.91 Å². The number of rotatable bonds is 5. The summed E-state index contributed by atoms with van der Waals surface area (Å²) in [4.78, 5) is 19.7. The molecule has 2 aliphatic rings. The summed E-state index contributed by atoms with van der Waals surface area (Å²) < 4.78 is 5.97.